The Hall–Kier alpha value is -3.80. The molecule has 0 bridgehead atoms. The number of hydrogen-bond donors (Lipinski definition) is 1. The molecule has 2 rings (SSSR count). The number of nitrogens with zero attached hydrogens (tertiary/aromatic N) is 3. The van der Waals surface area contributed by atoms with Gasteiger partial charge < -0.3 is 15.2 Å². The van der Waals surface area contributed by atoms with Crippen LogP contribution in [0.15, 0.2) is 33.4 Å². The fraction of sp³-hybridized carbons (Fsp3) is 0.222. The standard InChI is InChI=1S/C18H18N4O5/c1-21-16(20)14(17(24)22(2)18(21)25)15(23)11(9-19)5-10-6-12(26-3)8-13(7-10)27-4/h5-8H,20H2,1-4H3/b11-5+. The molecule has 0 radical (unpaired) electrons. The average Bonchev–Trinajstić information content (AvgIpc) is 2.68. The lowest BCUT2D eigenvalue weighted by Gasteiger charge is -2.10. The molecule has 0 spiro atoms. The Morgan fingerprint density at radius 2 is 1.67 bits per heavy atom. The molecule has 0 aliphatic carbocycles. The molecule has 0 saturated heterocycles. The van der Waals surface area contributed by atoms with Crippen molar-refractivity contribution in [2.75, 3.05) is 20.0 Å². The van der Waals surface area contributed by atoms with E-state index in [-0.39, 0.29) is 11.4 Å². The van der Waals surface area contributed by atoms with E-state index < -0.39 is 22.6 Å². The smallest absolute Gasteiger partial charge is 0.332 e. The van der Waals surface area contributed by atoms with E-state index in [0.717, 1.165) is 9.13 Å². The van der Waals surface area contributed by atoms with Crippen LogP contribution < -0.4 is 26.5 Å². The zero-order valence-corrected chi connectivity index (χ0v) is 15.3. The summed E-state index contributed by atoms with van der Waals surface area (Å²) in [5, 5.41) is 9.43. The number of methoxy groups -OCH3 is 2. The van der Waals surface area contributed by atoms with Crippen LogP contribution in [0.2, 0.25) is 0 Å². The number of nitrogens with two attached hydrogens (primary N) is 1. The van der Waals surface area contributed by atoms with Gasteiger partial charge in [-0.3, -0.25) is 18.7 Å². The van der Waals surface area contributed by atoms with Gasteiger partial charge in [0.05, 0.1) is 14.2 Å². The average molecular weight is 370 g/mol. The van der Waals surface area contributed by atoms with Crippen molar-refractivity contribution in [1.29, 1.82) is 5.26 Å². The molecule has 0 saturated carbocycles. The predicted molar refractivity (Wildman–Crippen MR) is 98.8 cm³/mol. The molecule has 0 aliphatic rings. The molecule has 140 valence electrons. The van der Waals surface area contributed by atoms with E-state index in [1.807, 2.05) is 0 Å². The minimum atomic E-state index is -0.881. The van der Waals surface area contributed by atoms with Crippen LogP contribution in [0.25, 0.3) is 6.08 Å². The Bertz CT molecular complexity index is 1080. The third kappa shape index (κ3) is 3.59. The first kappa shape index (κ1) is 19.5. The van der Waals surface area contributed by atoms with Gasteiger partial charge in [-0.25, -0.2) is 4.79 Å². The van der Waals surface area contributed by atoms with E-state index >= 15 is 0 Å². The number of hydrogen-bond acceptors (Lipinski definition) is 7. The van der Waals surface area contributed by atoms with Gasteiger partial charge in [-0.15, -0.1) is 0 Å². The lowest BCUT2D eigenvalue weighted by Crippen LogP contribution is -2.41. The molecule has 1 aromatic heterocycles. The predicted octanol–water partition coefficient (Wildman–Crippen LogP) is 0.473. The molecule has 1 heterocycles. The largest absolute Gasteiger partial charge is 0.497 e. The van der Waals surface area contributed by atoms with Crippen molar-refractivity contribution in [2.45, 2.75) is 0 Å². The van der Waals surface area contributed by atoms with E-state index in [4.69, 9.17) is 15.2 Å². The van der Waals surface area contributed by atoms with Crippen LogP contribution in [0.1, 0.15) is 15.9 Å². The highest BCUT2D eigenvalue weighted by Crippen LogP contribution is 2.24. The van der Waals surface area contributed by atoms with Gasteiger partial charge in [0, 0.05) is 20.2 Å². The number of carbonyl (C=O) groups excluding carboxylic acids is 1. The van der Waals surface area contributed by atoms with Crippen LogP contribution in [0.5, 0.6) is 11.5 Å². The molecule has 0 unspecified atom stereocenters. The lowest BCUT2D eigenvalue weighted by molar-refractivity contribution is 0.103. The number of ketones is 1. The Balaban J connectivity index is 2.66. The van der Waals surface area contributed by atoms with Gasteiger partial charge in [0.2, 0.25) is 5.78 Å². The van der Waals surface area contributed by atoms with Crippen LogP contribution in [0, 0.1) is 11.3 Å². The topological polar surface area (TPSA) is 129 Å². The van der Waals surface area contributed by atoms with Crippen LogP contribution in [-0.4, -0.2) is 29.1 Å². The van der Waals surface area contributed by atoms with Crippen molar-refractivity contribution < 1.29 is 14.3 Å². The maximum absolute atomic E-state index is 12.8. The second-order valence-electron chi connectivity index (χ2n) is 5.61. The van der Waals surface area contributed by atoms with Gasteiger partial charge in [-0.2, -0.15) is 5.26 Å². The van der Waals surface area contributed by atoms with Gasteiger partial charge in [0.1, 0.15) is 34.5 Å². The van der Waals surface area contributed by atoms with Gasteiger partial charge in [0.25, 0.3) is 5.56 Å². The highest BCUT2D eigenvalue weighted by atomic mass is 16.5. The van der Waals surface area contributed by atoms with Gasteiger partial charge in [0.15, 0.2) is 0 Å². The maximum atomic E-state index is 12.8. The number of allylic oxidation sites excluding steroid dienone is 1. The summed E-state index contributed by atoms with van der Waals surface area (Å²) in [5.41, 5.74) is 3.93. The fourth-order valence-electron chi connectivity index (χ4n) is 2.44. The molecular weight excluding hydrogens is 352 g/mol. The Labute approximate surface area is 154 Å². The molecule has 1 aromatic carbocycles. The zero-order chi connectivity index (χ0) is 20.3. The zero-order valence-electron chi connectivity index (χ0n) is 15.3. The SMILES string of the molecule is COc1cc(/C=C(\C#N)C(=O)c2c(N)n(C)c(=O)n(C)c2=O)cc(OC)c1. The highest BCUT2D eigenvalue weighted by molar-refractivity contribution is 6.16. The minimum absolute atomic E-state index is 0.308. The molecule has 27 heavy (non-hydrogen) atoms. The molecule has 0 atom stereocenters. The quantitative estimate of drug-likeness (QED) is 0.460. The van der Waals surface area contributed by atoms with Crippen molar-refractivity contribution in [3.05, 3.63) is 55.7 Å². The summed E-state index contributed by atoms with van der Waals surface area (Å²) in [5.74, 6) is -0.267. The van der Waals surface area contributed by atoms with Crippen LogP contribution in [-0.2, 0) is 14.1 Å². The maximum Gasteiger partial charge on any atom is 0.332 e. The van der Waals surface area contributed by atoms with Gasteiger partial charge in [-0.1, -0.05) is 0 Å². The monoisotopic (exact) mass is 370 g/mol. The summed E-state index contributed by atoms with van der Waals surface area (Å²) in [4.78, 5) is 37.0. The summed E-state index contributed by atoms with van der Waals surface area (Å²) in [6.45, 7) is 0. The number of ether oxygens (including phenoxy) is 2. The number of nitriles is 1. The summed E-state index contributed by atoms with van der Waals surface area (Å²) >= 11 is 0. The molecule has 9 heteroatoms. The van der Waals surface area contributed by atoms with E-state index in [1.54, 1.807) is 24.3 Å². The Morgan fingerprint density at radius 3 is 2.15 bits per heavy atom. The van der Waals surface area contributed by atoms with Crippen LogP contribution in [0.3, 0.4) is 0 Å². The first-order valence-corrected chi connectivity index (χ1v) is 7.70. The normalized spacial score (nSPS) is 11.0. The third-order valence-corrected chi connectivity index (χ3v) is 3.99. The fourth-order valence-corrected chi connectivity index (χ4v) is 2.44. The number of benzene rings is 1. The molecule has 0 aliphatic heterocycles. The molecule has 0 amide bonds. The third-order valence-electron chi connectivity index (χ3n) is 3.99. The van der Waals surface area contributed by atoms with Gasteiger partial charge in [-0.05, 0) is 23.8 Å². The minimum Gasteiger partial charge on any atom is -0.497 e. The van der Waals surface area contributed by atoms with Crippen molar-refractivity contribution in [3.63, 3.8) is 0 Å². The lowest BCUT2D eigenvalue weighted by atomic mass is 10.0. The molecule has 2 aromatic rings. The highest BCUT2D eigenvalue weighted by Gasteiger charge is 2.23. The summed E-state index contributed by atoms with van der Waals surface area (Å²) in [6, 6.07) is 6.59. The molecule has 9 nitrogen and oxygen atoms in total. The van der Waals surface area contributed by atoms with Crippen molar-refractivity contribution >= 4 is 17.7 Å². The molecule has 0 fully saturated rings. The molecule has 2 N–H and O–H groups in total. The van der Waals surface area contributed by atoms with E-state index in [0.29, 0.717) is 17.1 Å². The summed E-state index contributed by atoms with van der Waals surface area (Å²) in [7, 11) is 5.49. The van der Waals surface area contributed by atoms with E-state index in [9.17, 15) is 19.6 Å². The number of aromatic nitrogens is 2. The van der Waals surface area contributed by atoms with E-state index in [2.05, 4.69) is 0 Å². The number of nitrogen functional groups attached to an aromatic ring is 1. The van der Waals surface area contributed by atoms with Gasteiger partial charge >= 0.3 is 5.69 Å². The number of carbonyl (C=O) groups is 1. The number of anilines is 1. The first-order chi connectivity index (χ1) is 12.7. The van der Waals surface area contributed by atoms with Crippen molar-refractivity contribution in [2.24, 2.45) is 14.1 Å². The number of Topliss-reactive ketones (excluding diaryl/α,β-unsaturated/α-hetero) is 1. The summed E-state index contributed by atoms with van der Waals surface area (Å²) < 4.78 is 12.0. The molecular formula is C18H18N4O5. The van der Waals surface area contributed by atoms with E-state index in [1.165, 1.54) is 34.4 Å². The second-order valence-corrected chi connectivity index (χ2v) is 5.61. The van der Waals surface area contributed by atoms with Crippen LogP contribution in [0.4, 0.5) is 5.82 Å². The Kier molecular flexibility index (Phi) is 5.51. The number of rotatable bonds is 5. The van der Waals surface area contributed by atoms with Crippen molar-refractivity contribution in [3.8, 4) is 17.6 Å². The second kappa shape index (κ2) is 7.61. The Morgan fingerprint density at radius 1 is 1.11 bits per heavy atom. The summed E-state index contributed by atoms with van der Waals surface area (Å²) in [6.07, 6.45) is 1.29. The van der Waals surface area contributed by atoms with Crippen LogP contribution >= 0.6 is 0 Å². The van der Waals surface area contributed by atoms with Crippen molar-refractivity contribution in [1.82, 2.24) is 9.13 Å². The first-order valence-electron chi connectivity index (χ1n) is 7.70.